The molecule has 96 valence electrons. The topological polar surface area (TPSA) is 27.0 Å². The van der Waals surface area contributed by atoms with Gasteiger partial charge in [-0.25, -0.2) is 0 Å². The van der Waals surface area contributed by atoms with Gasteiger partial charge in [0.05, 0.1) is 11.3 Å². The van der Waals surface area contributed by atoms with Crippen molar-refractivity contribution in [2.75, 3.05) is 24.2 Å². The van der Waals surface area contributed by atoms with Crippen LogP contribution in [0.5, 0.6) is 0 Å². The fourth-order valence-electron chi connectivity index (χ4n) is 2.55. The first kappa shape index (κ1) is 13.3. The Balaban J connectivity index is 2.28. The Morgan fingerprint density at radius 2 is 1.78 bits per heavy atom. The molecule has 1 fully saturated rings. The van der Waals surface area contributed by atoms with E-state index in [0.717, 1.165) is 29.2 Å². The molecule has 0 atom stereocenters. The minimum absolute atomic E-state index is 0.852. The summed E-state index contributed by atoms with van der Waals surface area (Å²) in [6, 6.07) is 8.59. The second kappa shape index (κ2) is 6.70. The van der Waals surface area contributed by atoms with Crippen molar-refractivity contribution in [2.45, 2.75) is 37.0 Å². The zero-order valence-corrected chi connectivity index (χ0v) is 11.8. The van der Waals surface area contributed by atoms with Gasteiger partial charge in [0.25, 0.3) is 0 Å². The molecule has 1 aliphatic heterocycles. The van der Waals surface area contributed by atoms with Gasteiger partial charge in [-0.15, -0.1) is 11.8 Å². The predicted molar refractivity (Wildman–Crippen MR) is 78.2 cm³/mol. The first-order valence-corrected chi connectivity index (χ1v) is 7.91. The molecule has 0 amide bonds. The molecule has 0 saturated carbocycles. The van der Waals surface area contributed by atoms with Gasteiger partial charge >= 0.3 is 0 Å². The minimum atomic E-state index is 0.852. The van der Waals surface area contributed by atoms with Crippen molar-refractivity contribution in [2.24, 2.45) is 0 Å². The molecule has 0 N–H and O–H groups in total. The van der Waals surface area contributed by atoms with Crippen LogP contribution in [0.15, 0.2) is 23.1 Å². The largest absolute Gasteiger partial charge is 0.370 e. The van der Waals surface area contributed by atoms with Crippen molar-refractivity contribution in [1.82, 2.24) is 0 Å². The van der Waals surface area contributed by atoms with Gasteiger partial charge in [-0.1, -0.05) is 25.3 Å². The third kappa shape index (κ3) is 3.00. The molecular weight excluding hydrogens is 240 g/mol. The molecule has 1 heterocycles. The molecule has 2 nitrogen and oxygen atoms in total. The summed E-state index contributed by atoms with van der Waals surface area (Å²) in [5.41, 5.74) is 1.98. The van der Waals surface area contributed by atoms with E-state index >= 15 is 0 Å². The van der Waals surface area contributed by atoms with Gasteiger partial charge in [-0.05, 0) is 31.2 Å². The van der Waals surface area contributed by atoms with Crippen LogP contribution in [0.2, 0.25) is 0 Å². The highest BCUT2D eigenvalue weighted by Gasteiger charge is 2.15. The molecule has 1 aromatic rings. The predicted octanol–water partition coefficient (Wildman–Crippen LogP) is 4.05. The van der Waals surface area contributed by atoms with Crippen LogP contribution in [-0.2, 0) is 0 Å². The normalized spacial score (nSPS) is 16.8. The van der Waals surface area contributed by atoms with Crippen LogP contribution >= 0.6 is 11.8 Å². The molecule has 0 radical (unpaired) electrons. The molecule has 2 rings (SSSR count). The number of thioether (sulfide) groups is 1. The van der Waals surface area contributed by atoms with E-state index in [0.29, 0.717) is 0 Å². The highest BCUT2D eigenvalue weighted by Crippen LogP contribution is 2.30. The van der Waals surface area contributed by atoms with Crippen molar-refractivity contribution in [1.29, 1.82) is 5.26 Å². The summed E-state index contributed by atoms with van der Waals surface area (Å²) in [4.78, 5) is 3.49. The highest BCUT2D eigenvalue weighted by atomic mass is 32.2. The number of nitrogens with zero attached hydrogens (tertiary/aromatic N) is 2. The van der Waals surface area contributed by atoms with Gasteiger partial charge in [0.1, 0.15) is 6.07 Å². The van der Waals surface area contributed by atoms with Crippen molar-refractivity contribution in [3.63, 3.8) is 0 Å². The lowest BCUT2D eigenvalue weighted by molar-refractivity contribution is 0.556. The molecule has 18 heavy (non-hydrogen) atoms. The first-order valence-electron chi connectivity index (χ1n) is 6.69. The Morgan fingerprint density at radius 1 is 1.11 bits per heavy atom. The third-order valence-corrected chi connectivity index (χ3v) is 4.31. The SMILES string of the molecule is CSc1cccc(N2CCCCCCC2)c1C#N. The van der Waals surface area contributed by atoms with Crippen molar-refractivity contribution >= 4 is 17.4 Å². The first-order chi connectivity index (χ1) is 8.86. The minimum Gasteiger partial charge on any atom is -0.370 e. The van der Waals surface area contributed by atoms with Gasteiger partial charge in [-0.2, -0.15) is 5.26 Å². The van der Waals surface area contributed by atoms with E-state index in [9.17, 15) is 5.26 Å². The number of hydrogen-bond donors (Lipinski definition) is 0. The Bertz CT molecular complexity index is 429. The zero-order valence-electron chi connectivity index (χ0n) is 11.0. The van der Waals surface area contributed by atoms with E-state index in [1.54, 1.807) is 11.8 Å². The number of rotatable bonds is 2. The quantitative estimate of drug-likeness (QED) is 0.751. The smallest absolute Gasteiger partial charge is 0.103 e. The van der Waals surface area contributed by atoms with E-state index in [1.165, 1.54) is 32.1 Å². The molecule has 1 aromatic carbocycles. The number of hydrogen-bond acceptors (Lipinski definition) is 3. The summed E-state index contributed by atoms with van der Waals surface area (Å²) in [5.74, 6) is 0. The van der Waals surface area contributed by atoms with Crippen LogP contribution in [0.4, 0.5) is 5.69 Å². The molecule has 0 spiro atoms. The molecule has 0 unspecified atom stereocenters. The summed E-state index contributed by atoms with van der Waals surface area (Å²) in [7, 11) is 0. The van der Waals surface area contributed by atoms with Crippen LogP contribution in [0.25, 0.3) is 0 Å². The number of benzene rings is 1. The van der Waals surface area contributed by atoms with Crippen molar-refractivity contribution in [3.8, 4) is 6.07 Å². The molecule has 3 heteroatoms. The Morgan fingerprint density at radius 3 is 2.39 bits per heavy atom. The molecule has 0 bridgehead atoms. The summed E-state index contributed by atoms with van der Waals surface area (Å²) >= 11 is 1.66. The lowest BCUT2D eigenvalue weighted by atomic mass is 10.1. The van der Waals surface area contributed by atoms with Crippen LogP contribution in [-0.4, -0.2) is 19.3 Å². The maximum atomic E-state index is 9.40. The summed E-state index contributed by atoms with van der Waals surface area (Å²) < 4.78 is 0. The summed E-state index contributed by atoms with van der Waals surface area (Å²) in [6.45, 7) is 2.18. The lowest BCUT2D eigenvalue weighted by Crippen LogP contribution is -2.27. The van der Waals surface area contributed by atoms with Gasteiger partial charge in [-0.3, -0.25) is 0 Å². The maximum Gasteiger partial charge on any atom is 0.103 e. The summed E-state index contributed by atoms with van der Waals surface area (Å²) in [6.07, 6.45) is 8.53. The van der Waals surface area contributed by atoms with E-state index in [2.05, 4.69) is 23.1 Å². The third-order valence-electron chi connectivity index (χ3n) is 3.53. The molecule has 0 aromatic heterocycles. The molecular formula is C15H20N2S. The lowest BCUT2D eigenvalue weighted by Gasteiger charge is -2.28. The average molecular weight is 260 g/mol. The number of anilines is 1. The second-order valence-electron chi connectivity index (χ2n) is 4.72. The van der Waals surface area contributed by atoms with Gasteiger partial charge in [0.15, 0.2) is 0 Å². The Kier molecular flexibility index (Phi) is 4.95. The molecule has 1 aliphatic rings. The van der Waals surface area contributed by atoms with Gasteiger partial charge in [0.2, 0.25) is 0 Å². The second-order valence-corrected chi connectivity index (χ2v) is 5.57. The highest BCUT2D eigenvalue weighted by molar-refractivity contribution is 7.98. The van der Waals surface area contributed by atoms with E-state index in [1.807, 2.05) is 12.3 Å². The fourth-order valence-corrected chi connectivity index (χ4v) is 3.12. The maximum absolute atomic E-state index is 9.40. The van der Waals surface area contributed by atoms with Gasteiger partial charge in [0, 0.05) is 18.0 Å². The van der Waals surface area contributed by atoms with Crippen LogP contribution in [0, 0.1) is 11.3 Å². The fraction of sp³-hybridized carbons (Fsp3) is 0.533. The van der Waals surface area contributed by atoms with Crippen LogP contribution < -0.4 is 4.90 Å². The van der Waals surface area contributed by atoms with Crippen LogP contribution in [0.3, 0.4) is 0 Å². The standard InChI is InChI=1S/C15H20N2S/c1-18-15-9-7-8-14(13(15)12-16)17-10-5-3-2-4-6-11-17/h7-9H,2-6,10-11H2,1H3. The molecule has 1 saturated heterocycles. The monoisotopic (exact) mass is 260 g/mol. The van der Waals surface area contributed by atoms with Crippen LogP contribution in [0.1, 0.15) is 37.7 Å². The van der Waals surface area contributed by atoms with E-state index < -0.39 is 0 Å². The zero-order chi connectivity index (χ0) is 12.8. The van der Waals surface area contributed by atoms with Crippen molar-refractivity contribution < 1.29 is 0 Å². The molecule has 0 aliphatic carbocycles. The van der Waals surface area contributed by atoms with Crippen molar-refractivity contribution in [3.05, 3.63) is 23.8 Å². The average Bonchev–Trinajstić information content (AvgIpc) is 2.37. The van der Waals surface area contributed by atoms with E-state index in [4.69, 9.17) is 0 Å². The Labute approximate surface area is 114 Å². The van der Waals surface area contributed by atoms with Gasteiger partial charge < -0.3 is 4.90 Å². The summed E-state index contributed by atoms with van der Waals surface area (Å²) in [5, 5.41) is 9.40. The number of nitriles is 1. The Hall–Kier alpha value is -1.14. The van der Waals surface area contributed by atoms with E-state index in [-0.39, 0.29) is 0 Å².